The summed E-state index contributed by atoms with van der Waals surface area (Å²) in [6, 6.07) is 7.45. The maximum absolute atomic E-state index is 12.9. The highest BCUT2D eigenvalue weighted by molar-refractivity contribution is 5.99. The van der Waals surface area contributed by atoms with Gasteiger partial charge in [-0.05, 0) is 36.8 Å². The molecule has 1 amide bonds. The lowest BCUT2D eigenvalue weighted by Gasteiger charge is -2.08. The molecule has 1 heterocycles. The van der Waals surface area contributed by atoms with Gasteiger partial charge in [-0.2, -0.15) is 0 Å². The molecule has 1 aromatic carbocycles. The van der Waals surface area contributed by atoms with Crippen molar-refractivity contribution in [2.24, 2.45) is 0 Å². The fourth-order valence-corrected chi connectivity index (χ4v) is 1.70. The van der Waals surface area contributed by atoms with Crippen LogP contribution in [0, 0.1) is 12.7 Å². The van der Waals surface area contributed by atoms with E-state index < -0.39 is 5.82 Å². The first-order valence-electron chi connectivity index (χ1n) is 5.81. The number of aromatic nitrogens is 1. The highest BCUT2D eigenvalue weighted by Gasteiger charge is 2.10. The van der Waals surface area contributed by atoms with E-state index in [4.69, 9.17) is 5.73 Å². The van der Waals surface area contributed by atoms with E-state index in [9.17, 15) is 9.18 Å². The number of aryl methyl sites for hydroxylation is 1. The lowest BCUT2D eigenvalue weighted by molar-refractivity contribution is 0.0951. The van der Waals surface area contributed by atoms with Crippen molar-refractivity contribution in [3.8, 4) is 0 Å². The summed E-state index contributed by atoms with van der Waals surface area (Å²) < 4.78 is 12.9. The van der Waals surface area contributed by atoms with E-state index in [0.717, 1.165) is 17.3 Å². The van der Waals surface area contributed by atoms with E-state index in [1.807, 2.05) is 19.1 Å². The van der Waals surface area contributed by atoms with Gasteiger partial charge in [0.2, 0.25) is 0 Å². The lowest BCUT2D eigenvalue weighted by atomic mass is 10.1. The zero-order valence-corrected chi connectivity index (χ0v) is 10.5. The minimum absolute atomic E-state index is 0.121. The van der Waals surface area contributed by atoms with E-state index in [-0.39, 0.29) is 17.2 Å². The molecule has 0 saturated heterocycles. The molecule has 2 rings (SSSR count). The molecule has 0 aliphatic carbocycles. The number of amides is 1. The van der Waals surface area contributed by atoms with E-state index >= 15 is 0 Å². The molecule has 5 heteroatoms. The zero-order valence-electron chi connectivity index (χ0n) is 10.5. The number of carbonyl (C=O) groups is 1. The first-order chi connectivity index (χ1) is 9.08. The summed E-state index contributed by atoms with van der Waals surface area (Å²) in [6.45, 7) is 2.23. The van der Waals surface area contributed by atoms with Gasteiger partial charge in [-0.1, -0.05) is 6.07 Å². The van der Waals surface area contributed by atoms with Crippen LogP contribution in [0.15, 0.2) is 36.5 Å². The Morgan fingerprint density at radius 3 is 2.89 bits per heavy atom. The average Bonchev–Trinajstić information content (AvgIpc) is 2.37. The second-order valence-electron chi connectivity index (χ2n) is 4.18. The maximum atomic E-state index is 12.9. The monoisotopic (exact) mass is 259 g/mol. The minimum Gasteiger partial charge on any atom is -0.398 e. The van der Waals surface area contributed by atoms with Crippen LogP contribution in [0.1, 0.15) is 21.6 Å². The second kappa shape index (κ2) is 5.48. The normalized spacial score (nSPS) is 10.2. The van der Waals surface area contributed by atoms with Gasteiger partial charge in [0.25, 0.3) is 5.91 Å². The van der Waals surface area contributed by atoms with Crippen molar-refractivity contribution in [2.75, 3.05) is 5.73 Å². The molecule has 4 nitrogen and oxygen atoms in total. The largest absolute Gasteiger partial charge is 0.398 e. The van der Waals surface area contributed by atoms with Crippen molar-refractivity contribution >= 4 is 11.6 Å². The Kier molecular flexibility index (Phi) is 3.75. The van der Waals surface area contributed by atoms with Gasteiger partial charge in [0.05, 0.1) is 17.8 Å². The maximum Gasteiger partial charge on any atom is 0.253 e. The van der Waals surface area contributed by atoms with Gasteiger partial charge in [-0.25, -0.2) is 4.39 Å². The quantitative estimate of drug-likeness (QED) is 0.829. The molecule has 0 fully saturated rings. The number of rotatable bonds is 3. The molecule has 98 valence electrons. The summed E-state index contributed by atoms with van der Waals surface area (Å²) in [6.07, 6.45) is 1.67. The lowest BCUT2D eigenvalue weighted by Crippen LogP contribution is -2.24. The molecule has 3 N–H and O–H groups in total. The number of nitrogens with one attached hydrogen (secondary N) is 1. The molecule has 1 aromatic heterocycles. The summed E-state index contributed by atoms with van der Waals surface area (Å²) >= 11 is 0. The first kappa shape index (κ1) is 13.0. The molecule has 0 aliphatic heterocycles. The molecule has 0 saturated carbocycles. The number of nitrogen functional groups attached to an aromatic ring is 1. The number of carbonyl (C=O) groups excluding carboxylic acids is 1. The Balaban J connectivity index is 2.08. The van der Waals surface area contributed by atoms with Gasteiger partial charge in [0, 0.05) is 11.9 Å². The summed E-state index contributed by atoms with van der Waals surface area (Å²) in [5.41, 5.74) is 7.77. The number of hydrogen-bond donors (Lipinski definition) is 2. The Hall–Kier alpha value is -2.43. The van der Waals surface area contributed by atoms with Crippen LogP contribution >= 0.6 is 0 Å². The van der Waals surface area contributed by atoms with Crippen molar-refractivity contribution in [3.63, 3.8) is 0 Å². The van der Waals surface area contributed by atoms with Gasteiger partial charge in [-0.15, -0.1) is 0 Å². The van der Waals surface area contributed by atoms with E-state index in [2.05, 4.69) is 10.3 Å². The summed E-state index contributed by atoms with van der Waals surface area (Å²) in [5.74, 6) is -0.808. The number of benzene rings is 1. The molecular formula is C14H14FN3O. The van der Waals surface area contributed by atoms with E-state index in [0.29, 0.717) is 6.54 Å². The third-order valence-electron chi connectivity index (χ3n) is 2.79. The van der Waals surface area contributed by atoms with Crippen LogP contribution in [-0.2, 0) is 6.54 Å². The van der Waals surface area contributed by atoms with Crippen LogP contribution in [0.3, 0.4) is 0 Å². The molecule has 0 unspecified atom stereocenters. The van der Waals surface area contributed by atoms with E-state index in [1.165, 1.54) is 12.1 Å². The molecule has 0 aliphatic rings. The molecule has 2 aromatic rings. The Labute approximate surface area is 110 Å². The van der Waals surface area contributed by atoms with Crippen LogP contribution in [0.5, 0.6) is 0 Å². The number of nitrogens with two attached hydrogens (primary N) is 1. The number of halogens is 1. The molecule has 0 bridgehead atoms. The summed E-state index contributed by atoms with van der Waals surface area (Å²) in [7, 11) is 0. The SMILES string of the molecule is Cc1cccnc1CNC(=O)c1ccc(F)cc1N. The molecule has 0 atom stereocenters. The van der Waals surface area contributed by atoms with Crippen molar-refractivity contribution in [3.05, 3.63) is 59.2 Å². The van der Waals surface area contributed by atoms with E-state index in [1.54, 1.807) is 6.20 Å². The topological polar surface area (TPSA) is 68.0 Å². The van der Waals surface area contributed by atoms with Gasteiger partial charge >= 0.3 is 0 Å². The summed E-state index contributed by atoms with van der Waals surface area (Å²) in [4.78, 5) is 16.1. The van der Waals surface area contributed by atoms with Crippen molar-refractivity contribution in [2.45, 2.75) is 13.5 Å². The highest BCUT2D eigenvalue weighted by atomic mass is 19.1. The standard InChI is InChI=1S/C14H14FN3O/c1-9-3-2-6-17-13(9)8-18-14(19)11-5-4-10(15)7-12(11)16/h2-7H,8,16H2,1H3,(H,18,19). The fourth-order valence-electron chi connectivity index (χ4n) is 1.70. The Morgan fingerprint density at radius 1 is 1.42 bits per heavy atom. The molecule has 19 heavy (non-hydrogen) atoms. The highest BCUT2D eigenvalue weighted by Crippen LogP contribution is 2.13. The Bertz CT molecular complexity index is 613. The van der Waals surface area contributed by atoms with Crippen LogP contribution in [0.2, 0.25) is 0 Å². The number of nitrogens with zero attached hydrogens (tertiary/aromatic N) is 1. The van der Waals surface area contributed by atoms with Crippen molar-refractivity contribution in [1.82, 2.24) is 10.3 Å². The number of hydrogen-bond acceptors (Lipinski definition) is 3. The molecule has 0 radical (unpaired) electrons. The fraction of sp³-hybridized carbons (Fsp3) is 0.143. The average molecular weight is 259 g/mol. The van der Waals surface area contributed by atoms with Gasteiger partial charge < -0.3 is 11.1 Å². The van der Waals surface area contributed by atoms with Crippen molar-refractivity contribution < 1.29 is 9.18 Å². The molecule has 0 spiro atoms. The Morgan fingerprint density at radius 2 is 2.21 bits per heavy atom. The second-order valence-corrected chi connectivity index (χ2v) is 4.18. The minimum atomic E-state index is -0.463. The van der Waals surface area contributed by atoms with Crippen LogP contribution in [0.4, 0.5) is 10.1 Å². The first-order valence-corrected chi connectivity index (χ1v) is 5.81. The third kappa shape index (κ3) is 3.07. The summed E-state index contributed by atoms with van der Waals surface area (Å²) in [5, 5.41) is 2.71. The van der Waals surface area contributed by atoms with Crippen LogP contribution < -0.4 is 11.1 Å². The number of pyridine rings is 1. The van der Waals surface area contributed by atoms with Crippen LogP contribution in [-0.4, -0.2) is 10.9 Å². The molecular weight excluding hydrogens is 245 g/mol. The third-order valence-corrected chi connectivity index (χ3v) is 2.79. The zero-order chi connectivity index (χ0) is 13.8. The van der Waals surface area contributed by atoms with Gasteiger partial charge in [0.1, 0.15) is 5.82 Å². The predicted molar refractivity (Wildman–Crippen MR) is 71.0 cm³/mol. The smallest absolute Gasteiger partial charge is 0.253 e. The predicted octanol–water partition coefficient (Wildman–Crippen LogP) is 2.04. The van der Waals surface area contributed by atoms with Crippen molar-refractivity contribution in [1.29, 1.82) is 0 Å². The van der Waals surface area contributed by atoms with Crippen LogP contribution in [0.25, 0.3) is 0 Å². The number of anilines is 1. The van der Waals surface area contributed by atoms with Gasteiger partial charge in [0.15, 0.2) is 0 Å². The van der Waals surface area contributed by atoms with Gasteiger partial charge in [-0.3, -0.25) is 9.78 Å².